The lowest BCUT2D eigenvalue weighted by molar-refractivity contribution is -0.147. The summed E-state index contributed by atoms with van der Waals surface area (Å²) in [5.74, 6) is -0.321. The van der Waals surface area contributed by atoms with Crippen LogP contribution >= 0.6 is 35.4 Å². The molecule has 7 heteroatoms. The van der Waals surface area contributed by atoms with E-state index in [2.05, 4.69) is 22.9 Å². The lowest BCUT2D eigenvalue weighted by Crippen LogP contribution is -2.28. The van der Waals surface area contributed by atoms with Crippen LogP contribution in [0.2, 0.25) is 10.0 Å². The van der Waals surface area contributed by atoms with Crippen LogP contribution in [0.5, 0.6) is 0 Å². The van der Waals surface area contributed by atoms with E-state index in [9.17, 15) is 4.79 Å². The molecule has 0 saturated carbocycles. The van der Waals surface area contributed by atoms with Gasteiger partial charge in [-0.05, 0) is 30.7 Å². The fourth-order valence-corrected chi connectivity index (χ4v) is 2.81. The van der Waals surface area contributed by atoms with Gasteiger partial charge in [-0.15, -0.1) is 0 Å². The van der Waals surface area contributed by atoms with Crippen molar-refractivity contribution in [2.75, 3.05) is 11.9 Å². The van der Waals surface area contributed by atoms with E-state index in [0.29, 0.717) is 22.3 Å². The predicted octanol–water partition coefficient (Wildman–Crippen LogP) is 4.76. The van der Waals surface area contributed by atoms with Crippen LogP contribution < -0.4 is 10.6 Å². The van der Waals surface area contributed by atoms with Gasteiger partial charge in [0.1, 0.15) is 6.10 Å². The van der Waals surface area contributed by atoms with Crippen LogP contribution in [0.3, 0.4) is 0 Å². The van der Waals surface area contributed by atoms with Gasteiger partial charge in [-0.2, -0.15) is 0 Å². The number of para-hydroxylation sites is 2. The maximum absolute atomic E-state index is 12.2. The first kappa shape index (κ1) is 19.5. The number of carbonyl (C=O) groups excluding carboxylic acids is 1. The fourth-order valence-electron chi connectivity index (χ4n) is 2.23. The standard InChI is InChI=1S/C18H18Cl2N2O2S/c1-12(10-21-11-25)24-17(23)9-13-5-2-3-8-16(13)22-18-14(19)6-4-7-15(18)20/h2-8,11-12,22H,9-10H2,1H3,(H,21,25). The van der Waals surface area contributed by atoms with Crippen molar-refractivity contribution in [3.05, 3.63) is 58.1 Å². The summed E-state index contributed by atoms with van der Waals surface area (Å²) in [7, 11) is 0. The molecule has 2 aromatic rings. The second-order valence-corrected chi connectivity index (χ2v) is 6.43. The second-order valence-electron chi connectivity index (χ2n) is 5.38. The topological polar surface area (TPSA) is 50.4 Å². The molecule has 0 heterocycles. The molecule has 0 saturated heterocycles. The first-order valence-corrected chi connectivity index (χ1v) is 8.89. The van der Waals surface area contributed by atoms with E-state index in [1.165, 1.54) is 5.49 Å². The molecule has 0 radical (unpaired) electrons. The number of rotatable bonds is 8. The van der Waals surface area contributed by atoms with Gasteiger partial charge in [-0.3, -0.25) is 4.79 Å². The number of carbonyl (C=O) groups is 1. The maximum Gasteiger partial charge on any atom is 0.310 e. The minimum absolute atomic E-state index is 0.132. The largest absolute Gasteiger partial charge is 0.461 e. The zero-order valence-corrected chi connectivity index (χ0v) is 15.9. The molecule has 0 fully saturated rings. The van der Waals surface area contributed by atoms with Gasteiger partial charge in [0.25, 0.3) is 0 Å². The number of esters is 1. The monoisotopic (exact) mass is 396 g/mol. The number of anilines is 2. The van der Waals surface area contributed by atoms with Crippen molar-refractivity contribution < 1.29 is 9.53 Å². The van der Waals surface area contributed by atoms with Gasteiger partial charge < -0.3 is 15.4 Å². The van der Waals surface area contributed by atoms with E-state index in [1.807, 2.05) is 24.3 Å². The molecule has 0 amide bonds. The molecule has 0 bridgehead atoms. The van der Waals surface area contributed by atoms with Crippen LogP contribution in [0.1, 0.15) is 12.5 Å². The summed E-state index contributed by atoms with van der Waals surface area (Å²) in [6, 6.07) is 12.7. The molecule has 2 N–H and O–H groups in total. The van der Waals surface area contributed by atoms with E-state index in [1.54, 1.807) is 25.1 Å². The summed E-state index contributed by atoms with van der Waals surface area (Å²) < 4.78 is 5.36. The summed E-state index contributed by atoms with van der Waals surface area (Å²) in [4.78, 5) is 12.2. The average Bonchev–Trinajstić information content (AvgIpc) is 2.57. The van der Waals surface area contributed by atoms with Crippen LogP contribution in [0.15, 0.2) is 42.5 Å². The minimum Gasteiger partial charge on any atom is -0.461 e. The zero-order valence-electron chi connectivity index (χ0n) is 13.6. The van der Waals surface area contributed by atoms with Crippen LogP contribution in [-0.2, 0) is 16.0 Å². The third kappa shape index (κ3) is 5.88. The molecular formula is C18H18Cl2N2O2S. The summed E-state index contributed by atoms with van der Waals surface area (Å²) in [6.07, 6.45) is -0.141. The van der Waals surface area contributed by atoms with Crippen LogP contribution in [0.4, 0.5) is 11.4 Å². The second kappa shape index (κ2) is 9.61. The Labute approximate surface area is 162 Å². The van der Waals surface area contributed by atoms with E-state index in [-0.39, 0.29) is 18.5 Å². The SMILES string of the molecule is CC(CNC=S)OC(=O)Cc1ccccc1Nc1c(Cl)cccc1Cl. The van der Waals surface area contributed by atoms with E-state index in [0.717, 1.165) is 11.3 Å². The van der Waals surface area contributed by atoms with Crippen LogP contribution in [-0.4, -0.2) is 24.1 Å². The number of hydrogen-bond acceptors (Lipinski definition) is 4. The molecule has 132 valence electrons. The van der Waals surface area contributed by atoms with Crippen molar-refractivity contribution >= 4 is 58.3 Å². The van der Waals surface area contributed by atoms with E-state index >= 15 is 0 Å². The number of nitrogens with one attached hydrogen (secondary N) is 2. The highest BCUT2D eigenvalue weighted by atomic mass is 35.5. The number of hydrogen-bond donors (Lipinski definition) is 2. The smallest absolute Gasteiger partial charge is 0.310 e. The number of thiocarbonyl (C=S) groups is 1. The Hall–Kier alpha value is -1.82. The summed E-state index contributed by atoms with van der Waals surface area (Å²) in [5, 5.41) is 7.05. The van der Waals surface area contributed by atoms with Crippen molar-refractivity contribution in [3.8, 4) is 0 Å². The zero-order chi connectivity index (χ0) is 18.2. The number of benzene rings is 2. The quantitative estimate of drug-likeness (QED) is 0.497. The normalized spacial score (nSPS) is 11.5. The van der Waals surface area contributed by atoms with Crippen molar-refractivity contribution in [3.63, 3.8) is 0 Å². The Morgan fingerprint density at radius 2 is 1.88 bits per heavy atom. The molecule has 0 aromatic heterocycles. The number of halogens is 2. The van der Waals surface area contributed by atoms with Crippen LogP contribution in [0, 0.1) is 0 Å². The minimum atomic E-state index is -0.321. The molecule has 0 aliphatic carbocycles. The van der Waals surface area contributed by atoms with Crippen LogP contribution in [0.25, 0.3) is 0 Å². The molecular weight excluding hydrogens is 379 g/mol. The van der Waals surface area contributed by atoms with Crippen molar-refractivity contribution in [2.24, 2.45) is 0 Å². The lowest BCUT2D eigenvalue weighted by atomic mass is 10.1. The summed E-state index contributed by atoms with van der Waals surface area (Å²) >= 11 is 17.1. The molecule has 4 nitrogen and oxygen atoms in total. The lowest BCUT2D eigenvalue weighted by Gasteiger charge is -2.16. The van der Waals surface area contributed by atoms with Gasteiger partial charge in [0, 0.05) is 5.69 Å². The first-order chi connectivity index (χ1) is 12.0. The number of ether oxygens (including phenoxy) is 1. The van der Waals surface area contributed by atoms with Gasteiger partial charge in [-0.1, -0.05) is 59.7 Å². The molecule has 0 aliphatic heterocycles. The van der Waals surface area contributed by atoms with Gasteiger partial charge in [-0.25, -0.2) is 0 Å². The Bertz CT molecular complexity index is 735. The van der Waals surface area contributed by atoms with Crippen molar-refractivity contribution in [1.82, 2.24) is 5.32 Å². The molecule has 1 unspecified atom stereocenters. The first-order valence-electron chi connectivity index (χ1n) is 7.66. The van der Waals surface area contributed by atoms with Crippen molar-refractivity contribution in [1.29, 1.82) is 0 Å². The summed E-state index contributed by atoms with van der Waals surface area (Å²) in [5.41, 5.74) is 3.54. The predicted molar refractivity (Wildman–Crippen MR) is 107 cm³/mol. The third-order valence-corrected chi connectivity index (χ3v) is 4.19. The average molecular weight is 397 g/mol. The summed E-state index contributed by atoms with van der Waals surface area (Å²) in [6.45, 7) is 2.28. The van der Waals surface area contributed by atoms with Gasteiger partial charge in [0.05, 0.1) is 34.2 Å². The highest BCUT2D eigenvalue weighted by Crippen LogP contribution is 2.33. The molecule has 2 aromatic carbocycles. The molecule has 0 spiro atoms. The molecule has 1 atom stereocenters. The molecule has 25 heavy (non-hydrogen) atoms. The third-order valence-electron chi connectivity index (χ3n) is 3.40. The van der Waals surface area contributed by atoms with Gasteiger partial charge in [0.15, 0.2) is 0 Å². The van der Waals surface area contributed by atoms with Crippen molar-refractivity contribution in [2.45, 2.75) is 19.4 Å². The molecule has 0 aliphatic rings. The fraction of sp³-hybridized carbons (Fsp3) is 0.222. The highest BCUT2D eigenvalue weighted by Gasteiger charge is 2.14. The van der Waals surface area contributed by atoms with Gasteiger partial charge in [0.2, 0.25) is 0 Å². The Morgan fingerprint density at radius 1 is 1.20 bits per heavy atom. The van der Waals surface area contributed by atoms with E-state index < -0.39 is 0 Å². The van der Waals surface area contributed by atoms with E-state index in [4.69, 9.17) is 27.9 Å². The highest BCUT2D eigenvalue weighted by molar-refractivity contribution is 7.78. The van der Waals surface area contributed by atoms with Gasteiger partial charge >= 0.3 is 5.97 Å². The molecule has 2 rings (SSSR count). The Kier molecular flexibility index (Phi) is 7.50. The maximum atomic E-state index is 12.2. The Balaban J connectivity index is 2.10. The Morgan fingerprint density at radius 3 is 2.56 bits per heavy atom.